The molecule has 0 nitrogen and oxygen atoms in total. The molecule has 1 rings (SSSR count). The first-order valence-electron chi connectivity index (χ1n) is 4.19. The van der Waals surface area contributed by atoms with Crippen molar-refractivity contribution in [3.8, 4) is 0 Å². The zero-order valence-electron chi connectivity index (χ0n) is 8.49. The summed E-state index contributed by atoms with van der Waals surface area (Å²) in [4.78, 5) is 1.41. The minimum Gasteiger partial charge on any atom is -0.129 e. The highest BCUT2D eigenvalue weighted by atomic mass is 32.2. The maximum Gasteiger partial charge on any atom is 0.138 e. The normalized spacial score (nSPS) is 10.2. The monoisotopic (exact) mass is 176 g/mol. The molecule has 0 heterocycles. The third kappa shape index (κ3) is 1.56. The van der Waals surface area contributed by atoms with Crippen LogP contribution in [-0.2, 0) is 0 Å². The van der Waals surface area contributed by atoms with Gasteiger partial charge in [-0.05, 0) is 31.7 Å². The van der Waals surface area contributed by atoms with Gasteiger partial charge in [-0.3, -0.25) is 0 Å². The van der Waals surface area contributed by atoms with Gasteiger partial charge in [-0.2, -0.15) is 0 Å². The Morgan fingerprint density at radius 2 is 1.75 bits per heavy atom. The van der Waals surface area contributed by atoms with E-state index >= 15 is 0 Å². The van der Waals surface area contributed by atoms with Crippen molar-refractivity contribution in [2.75, 3.05) is 6.26 Å². The summed E-state index contributed by atoms with van der Waals surface area (Å²) in [6.45, 7) is 4.38. The van der Waals surface area contributed by atoms with Crippen LogP contribution in [0.25, 0.3) is 0 Å². The number of thioether (sulfide) groups is 1. The summed E-state index contributed by atoms with van der Waals surface area (Å²) in [6, 6.07) is 2.28. The molecule has 0 radical (unpaired) electrons. The highest BCUT2D eigenvalue weighted by Crippen LogP contribution is 2.17. The van der Waals surface area contributed by atoms with Crippen LogP contribution in [-0.4, -0.2) is 21.9 Å². The summed E-state index contributed by atoms with van der Waals surface area (Å²) in [7, 11) is 4.40. The number of benzene rings is 1. The summed E-state index contributed by atoms with van der Waals surface area (Å²) in [5, 5.41) is 0. The molecule has 0 unspecified atom stereocenters. The lowest BCUT2D eigenvalue weighted by Gasteiger charge is -2.12. The van der Waals surface area contributed by atoms with Gasteiger partial charge < -0.3 is 0 Å². The summed E-state index contributed by atoms with van der Waals surface area (Å²) in [6.07, 6.45) is 2.14. The molecule has 0 aliphatic carbocycles. The van der Waals surface area contributed by atoms with Crippen molar-refractivity contribution in [2.24, 2.45) is 0 Å². The predicted octanol–water partition coefficient (Wildman–Crippen LogP) is -0.458. The van der Waals surface area contributed by atoms with Gasteiger partial charge in [-0.1, -0.05) is 16.5 Å². The average molecular weight is 176 g/mol. The maximum absolute atomic E-state index is 2.28. The number of hydrogen-bond acceptors (Lipinski definition) is 1. The Morgan fingerprint density at radius 1 is 1.17 bits per heavy atom. The molecule has 0 spiro atoms. The highest BCUT2D eigenvalue weighted by Gasteiger charge is 2.04. The zero-order chi connectivity index (χ0) is 9.30. The Morgan fingerprint density at radius 3 is 2.25 bits per heavy atom. The minimum absolute atomic E-state index is 1.41. The summed E-state index contributed by atoms with van der Waals surface area (Å²) in [5.41, 5.74) is 5.72. The standard InChI is InChI=1S/C9H14B2S/c1-5-4-7(12-3)6(2)9(11)8(5)10/h4H,10-11H2,1-3H3. The van der Waals surface area contributed by atoms with Gasteiger partial charge >= 0.3 is 0 Å². The second-order valence-corrected chi connectivity index (χ2v) is 4.12. The lowest BCUT2D eigenvalue weighted by atomic mass is 9.75. The van der Waals surface area contributed by atoms with E-state index in [2.05, 4.69) is 41.9 Å². The minimum atomic E-state index is 1.41. The molecule has 0 fully saturated rings. The Balaban J connectivity index is 3.39. The molecule has 0 saturated carbocycles. The first kappa shape index (κ1) is 9.79. The fraction of sp³-hybridized carbons (Fsp3) is 0.333. The van der Waals surface area contributed by atoms with Crippen LogP contribution in [0, 0.1) is 13.8 Å². The van der Waals surface area contributed by atoms with E-state index in [1.54, 1.807) is 0 Å². The molecule has 0 aliphatic heterocycles. The van der Waals surface area contributed by atoms with Crippen LogP contribution in [0.3, 0.4) is 0 Å². The van der Waals surface area contributed by atoms with E-state index in [-0.39, 0.29) is 0 Å². The van der Waals surface area contributed by atoms with Crippen LogP contribution < -0.4 is 10.9 Å². The van der Waals surface area contributed by atoms with E-state index in [9.17, 15) is 0 Å². The maximum atomic E-state index is 2.28. The van der Waals surface area contributed by atoms with Gasteiger partial charge in [-0.25, -0.2) is 0 Å². The Bertz CT molecular complexity index is 308. The molecule has 0 N–H and O–H groups in total. The summed E-state index contributed by atoms with van der Waals surface area (Å²) < 4.78 is 0. The second-order valence-electron chi connectivity index (χ2n) is 3.27. The molecule has 1 aromatic rings. The Labute approximate surface area is 81.0 Å². The van der Waals surface area contributed by atoms with Crippen molar-refractivity contribution in [1.82, 2.24) is 0 Å². The van der Waals surface area contributed by atoms with Gasteiger partial charge in [0.1, 0.15) is 15.7 Å². The van der Waals surface area contributed by atoms with E-state index in [1.807, 2.05) is 11.8 Å². The topological polar surface area (TPSA) is 0 Å². The molecule has 0 aliphatic rings. The van der Waals surface area contributed by atoms with Crippen molar-refractivity contribution in [3.63, 3.8) is 0 Å². The summed E-state index contributed by atoms with van der Waals surface area (Å²) in [5.74, 6) is 0. The number of aryl methyl sites for hydroxylation is 1. The van der Waals surface area contributed by atoms with Crippen molar-refractivity contribution in [1.29, 1.82) is 0 Å². The van der Waals surface area contributed by atoms with Crippen molar-refractivity contribution in [2.45, 2.75) is 18.7 Å². The molecule has 3 heteroatoms. The summed E-state index contributed by atoms with van der Waals surface area (Å²) >= 11 is 1.83. The van der Waals surface area contributed by atoms with E-state index < -0.39 is 0 Å². The zero-order valence-corrected chi connectivity index (χ0v) is 9.30. The van der Waals surface area contributed by atoms with Gasteiger partial charge in [0.25, 0.3) is 0 Å². The molecule has 0 saturated heterocycles. The Hall–Kier alpha value is -0.300. The van der Waals surface area contributed by atoms with Crippen molar-refractivity contribution >= 4 is 38.4 Å². The number of rotatable bonds is 1. The van der Waals surface area contributed by atoms with Gasteiger partial charge in [0, 0.05) is 4.90 Å². The van der Waals surface area contributed by atoms with Crippen molar-refractivity contribution in [3.05, 3.63) is 17.2 Å². The van der Waals surface area contributed by atoms with Gasteiger partial charge in [0.2, 0.25) is 0 Å². The van der Waals surface area contributed by atoms with Crippen LogP contribution in [0.1, 0.15) is 11.1 Å². The quantitative estimate of drug-likeness (QED) is 0.412. The third-order valence-electron chi connectivity index (χ3n) is 2.65. The third-order valence-corrected chi connectivity index (χ3v) is 3.52. The fourth-order valence-electron chi connectivity index (χ4n) is 1.39. The van der Waals surface area contributed by atoms with Crippen LogP contribution in [0.5, 0.6) is 0 Å². The second kappa shape index (κ2) is 3.61. The van der Waals surface area contributed by atoms with Gasteiger partial charge in [0.05, 0.1) is 0 Å². The van der Waals surface area contributed by atoms with E-state index in [0.29, 0.717) is 0 Å². The molecule has 0 bridgehead atoms. The van der Waals surface area contributed by atoms with Crippen LogP contribution in [0.4, 0.5) is 0 Å². The van der Waals surface area contributed by atoms with Crippen LogP contribution >= 0.6 is 11.8 Å². The molecular weight excluding hydrogens is 162 g/mol. The van der Waals surface area contributed by atoms with Gasteiger partial charge in [0.15, 0.2) is 0 Å². The molecule has 0 amide bonds. The fourth-order valence-corrected chi connectivity index (χ4v) is 2.14. The smallest absolute Gasteiger partial charge is 0.129 e. The predicted molar refractivity (Wildman–Crippen MR) is 64.1 cm³/mol. The molecule has 0 atom stereocenters. The molecule has 0 aromatic heterocycles. The molecule has 1 aromatic carbocycles. The first-order valence-corrected chi connectivity index (χ1v) is 5.41. The number of hydrogen-bond donors (Lipinski definition) is 0. The average Bonchev–Trinajstić information content (AvgIpc) is 2.08. The van der Waals surface area contributed by atoms with Crippen molar-refractivity contribution < 1.29 is 0 Å². The van der Waals surface area contributed by atoms with Crippen LogP contribution in [0.2, 0.25) is 0 Å². The molecule has 12 heavy (non-hydrogen) atoms. The molecular formula is C9H14B2S. The van der Waals surface area contributed by atoms with Crippen LogP contribution in [0.15, 0.2) is 11.0 Å². The van der Waals surface area contributed by atoms with E-state index in [4.69, 9.17) is 0 Å². The lowest BCUT2D eigenvalue weighted by molar-refractivity contribution is 1.31. The SMILES string of the molecule is Bc1c(C)cc(SC)c(C)c1B. The van der Waals surface area contributed by atoms with Gasteiger partial charge in [-0.15, -0.1) is 11.8 Å². The van der Waals surface area contributed by atoms with E-state index in [0.717, 1.165) is 0 Å². The first-order chi connectivity index (χ1) is 5.57. The molecule has 62 valence electrons. The largest absolute Gasteiger partial charge is 0.138 e. The highest BCUT2D eigenvalue weighted by molar-refractivity contribution is 7.98. The van der Waals surface area contributed by atoms with E-state index in [1.165, 1.54) is 26.9 Å². The lowest BCUT2D eigenvalue weighted by Crippen LogP contribution is -2.31. The Kier molecular flexibility index (Phi) is 2.94.